The Morgan fingerprint density at radius 3 is 2.48 bits per heavy atom. The van der Waals surface area contributed by atoms with Crippen molar-refractivity contribution < 1.29 is 18.1 Å². The number of hydrazine groups is 1. The maximum absolute atomic E-state index is 12.7. The van der Waals surface area contributed by atoms with Gasteiger partial charge in [-0.25, -0.2) is 13.2 Å². The minimum absolute atomic E-state index is 0.0125. The lowest BCUT2D eigenvalue weighted by molar-refractivity contribution is -0.385. The van der Waals surface area contributed by atoms with Gasteiger partial charge in [0.05, 0.1) is 10.6 Å². The zero-order chi connectivity index (χ0) is 19.0. The van der Waals surface area contributed by atoms with Gasteiger partial charge in [-0.15, -0.1) is 11.6 Å². The summed E-state index contributed by atoms with van der Waals surface area (Å²) in [6.07, 6.45) is 0. The van der Waals surface area contributed by atoms with Crippen LogP contribution in [0.5, 0.6) is 0 Å². The average molecular weight is 394 g/mol. The average Bonchev–Trinajstić information content (AvgIpc) is 2.58. The van der Waals surface area contributed by atoms with Gasteiger partial charge in [-0.05, 0) is 6.07 Å². The topological polar surface area (TPSA) is 134 Å². The molecule has 1 rings (SSSR count). The van der Waals surface area contributed by atoms with E-state index in [0.717, 1.165) is 16.4 Å². The highest BCUT2D eigenvalue weighted by Gasteiger charge is 2.27. The van der Waals surface area contributed by atoms with Crippen molar-refractivity contribution in [2.75, 3.05) is 30.9 Å². The standard InChI is InChI=1S/C13H20ClN5O5S/c1-3-18(4-2)25(23,24)12-9-10(19(21)22)5-6-11(12)16-17-13(20)15-8-7-14/h5-6,9,16H,3-4,7-8H2,1-2H3,(H2,15,17,20). The summed E-state index contributed by atoms with van der Waals surface area (Å²) in [4.78, 5) is 21.5. The van der Waals surface area contributed by atoms with Crippen LogP contribution in [0.4, 0.5) is 16.2 Å². The molecule has 0 aliphatic rings. The largest absolute Gasteiger partial charge is 0.336 e. The molecular weight excluding hydrogens is 374 g/mol. The molecule has 1 aromatic carbocycles. The number of sulfonamides is 1. The molecule has 0 aliphatic carbocycles. The Bertz CT molecular complexity index is 724. The summed E-state index contributed by atoms with van der Waals surface area (Å²) in [5.41, 5.74) is 4.36. The fraction of sp³-hybridized carbons (Fsp3) is 0.462. The first-order valence-electron chi connectivity index (χ1n) is 7.42. The Balaban J connectivity index is 3.21. The maximum atomic E-state index is 12.7. The summed E-state index contributed by atoms with van der Waals surface area (Å²) < 4.78 is 26.6. The van der Waals surface area contributed by atoms with Crippen molar-refractivity contribution in [3.63, 3.8) is 0 Å². The number of anilines is 1. The van der Waals surface area contributed by atoms with E-state index < -0.39 is 21.0 Å². The molecule has 1 aromatic rings. The van der Waals surface area contributed by atoms with E-state index in [1.165, 1.54) is 6.07 Å². The molecule has 0 unspecified atom stereocenters. The van der Waals surface area contributed by atoms with Crippen LogP contribution in [0.15, 0.2) is 23.1 Å². The molecule has 12 heteroatoms. The van der Waals surface area contributed by atoms with Crippen molar-refractivity contribution in [2.45, 2.75) is 18.7 Å². The van der Waals surface area contributed by atoms with Crippen LogP contribution in [0.25, 0.3) is 0 Å². The van der Waals surface area contributed by atoms with Crippen LogP contribution in [0, 0.1) is 10.1 Å². The zero-order valence-corrected chi connectivity index (χ0v) is 15.4. The third-order valence-electron chi connectivity index (χ3n) is 3.19. The third kappa shape index (κ3) is 5.44. The molecule has 3 N–H and O–H groups in total. The van der Waals surface area contributed by atoms with E-state index in [4.69, 9.17) is 11.6 Å². The minimum Gasteiger partial charge on any atom is -0.336 e. The maximum Gasteiger partial charge on any atom is 0.333 e. The molecule has 10 nitrogen and oxygen atoms in total. The second-order valence-corrected chi connectivity index (χ2v) is 7.01. The Hall–Kier alpha value is -2.11. The summed E-state index contributed by atoms with van der Waals surface area (Å²) in [6.45, 7) is 3.93. The summed E-state index contributed by atoms with van der Waals surface area (Å²) in [7, 11) is -3.98. The van der Waals surface area contributed by atoms with Gasteiger partial charge in [-0.2, -0.15) is 4.31 Å². The van der Waals surface area contributed by atoms with Crippen molar-refractivity contribution in [3.8, 4) is 0 Å². The number of nitro benzene ring substituents is 1. The van der Waals surface area contributed by atoms with Crippen molar-refractivity contribution in [3.05, 3.63) is 28.3 Å². The van der Waals surface area contributed by atoms with Gasteiger partial charge in [0.25, 0.3) is 5.69 Å². The Morgan fingerprint density at radius 1 is 1.32 bits per heavy atom. The number of hydrogen-bond acceptors (Lipinski definition) is 6. The molecule has 25 heavy (non-hydrogen) atoms. The van der Waals surface area contributed by atoms with Crippen LogP contribution in [-0.4, -0.2) is 49.2 Å². The third-order valence-corrected chi connectivity index (χ3v) is 5.47. The Labute approximate surface area is 150 Å². The summed E-state index contributed by atoms with van der Waals surface area (Å²) in [6, 6.07) is 2.69. The van der Waals surface area contributed by atoms with E-state index >= 15 is 0 Å². The van der Waals surface area contributed by atoms with Gasteiger partial charge >= 0.3 is 6.03 Å². The minimum atomic E-state index is -3.98. The molecular formula is C13H20ClN5O5S. The molecule has 0 fully saturated rings. The normalized spacial score (nSPS) is 11.2. The first-order valence-corrected chi connectivity index (χ1v) is 9.39. The van der Waals surface area contributed by atoms with E-state index in [-0.39, 0.29) is 41.8 Å². The van der Waals surface area contributed by atoms with Gasteiger partial charge in [-0.3, -0.25) is 21.0 Å². The second-order valence-electron chi connectivity index (χ2n) is 4.72. The van der Waals surface area contributed by atoms with E-state index in [2.05, 4.69) is 16.2 Å². The molecule has 0 bridgehead atoms. The predicted molar refractivity (Wildman–Crippen MR) is 94.1 cm³/mol. The highest BCUT2D eigenvalue weighted by Crippen LogP contribution is 2.28. The number of carbonyl (C=O) groups excluding carboxylic acids is 1. The van der Waals surface area contributed by atoms with Crippen molar-refractivity contribution >= 4 is 39.0 Å². The summed E-state index contributed by atoms with van der Waals surface area (Å²) in [5, 5.41) is 13.4. The number of nitrogens with one attached hydrogen (secondary N) is 3. The number of amides is 2. The van der Waals surface area contributed by atoms with E-state index in [1.54, 1.807) is 13.8 Å². The van der Waals surface area contributed by atoms with Crippen LogP contribution >= 0.6 is 11.6 Å². The van der Waals surface area contributed by atoms with Gasteiger partial charge in [0.1, 0.15) is 4.90 Å². The number of hydrogen-bond donors (Lipinski definition) is 3. The van der Waals surface area contributed by atoms with Gasteiger partial charge in [0.2, 0.25) is 10.0 Å². The van der Waals surface area contributed by atoms with Gasteiger partial charge in [0.15, 0.2) is 0 Å². The number of halogens is 1. The number of alkyl halides is 1. The van der Waals surface area contributed by atoms with Gasteiger partial charge in [0, 0.05) is 37.6 Å². The molecule has 0 radical (unpaired) electrons. The number of non-ortho nitro benzene ring substituents is 1. The fourth-order valence-electron chi connectivity index (χ4n) is 1.97. The van der Waals surface area contributed by atoms with Gasteiger partial charge < -0.3 is 5.32 Å². The monoisotopic (exact) mass is 393 g/mol. The molecule has 0 saturated heterocycles. The number of urea groups is 1. The van der Waals surface area contributed by atoms with Crippen LogP contribution in [0.2, 0.25) is 0 Å². The van der Waals surface area contributed by atoms with Crippen molar-refractivity contribution in [1.82, 2.24) is 15.0 Å². The lowest BCUT2D eigenvalue weighted by Gasteiger charge is -2.21. The fourth-order valence-corrected chi connectivity index (χ4v) is 3.69. The lowest BCUT2D eigenvalue weighted by Crippen LogP contribution is -2.40. The highest BCUT2D eigenvalue weighted by atomic mass is 35.5. The molecule has 0 aromatic heterocycles. The van der Waals surface area contributed by atoms with E-state index in [9.17, 15) is 23.3 Å². The Kier molecular flexibility index (Phi) is 7.87. The van der Waals surface area contributed by atoms with E-state index in [0.29, 0.717) is 0 Å². The van der Waals surface area contributed by atoms with E-state index in [1.807, 2.05) is 0 Å². The summed E-state index contributed by atoms with van der Waals surface area (Å²) in [5.74, 6) is 0.215. The number of nitro groups is 1. The number of carbonyl (C=O) groups is 1. The number of rotatable bonds is 9. The first-order chi connectivity index (χ1) is 11.8. The van der Waals surface area contributed by atoms with Crippen molar-refractivity contribution in [1.29, 1.82) is 0 Å². The van der Waals surface area contributed by atoms with Crippen LogP contribution in [0.3, 0.4) is 0 Å². The SMILES string of the molecule is CCN(CC)S(=O)(=O)c1cc([N+](=O)[O-])ccc1NNC(=O)NCCCl. The number of nitrogens with zero attached hydrogens (tertiary/aromatic N) is 2. The molecule has 140 valence electrons. The first kappa shape index (κ1) is 20.9. The van der Waals surface area contributed by atoms with Crippen LogP contribution in [0.1, 0.15) is 13.8 Å². The molecule has 0 heterocycles. The molecule has 0 atom stereocenters. The Morgan fingerprint density at radius 2 is 1.96 bits per heavy atom. The molecule has 0 spiro atoms. The highest BCUT2D eigenvalue weighted by molar-refractivity contribution is 7.89. The smallest absolute Gasteiger partial charge is 0.333 e. The molecule has 2 amide bonds. The predicted octanol–water partition coefficient (Wildman–Crippen LogP) is 1.49. The lowest BCUT2D eigenvalue weighted by atomic mass is 10.3. The van der Waals surface area contributed by atoms with Crippen LogP contribution < -0.4 is 16.2 Å². The summed E-state index contributed by atoms with van der Waals surface area (Å²) >= 11 is 5.45. The molecule has 0 saturated carbocycles. The molecule has 0 aliphatic heterocycles. The van der Waals surface area contributed by atoms with Crippen LogP contribution in [-0.2, 0) is 10.0 Å². The zero-order valence-electron chi connectivity index (χ0n) is 13.8. The number of benzene rings is 1. The quantitative estimate of drug-likeness (QED) is 0.330. The second kappa shape index (κ2) is 9.39. The van der Waals surface area contributed by atoms with Crippen molar-refractivity contribution in [2.24, 2.45) is 0 Å². The van der Waals surface area contributed by atoms with Gasteiger partial charge in [-0.1, -0.05) is 13.8 Å².